The van der Waals surface area contributed by atoms with E-state index in [1.807, 2.05) is 26.0 Å². The standard InChI is InChI=1S/C22H27ClN4O3/c1-4-11-26(22(29)15(2)3)14-19(28)27-12-6-5-10-18(27)21-24-20(25-30-21)16-8-7-9-17(23)13-16/h4,7-9,13,15,18H,1,5-6,10-12,14H2,2-3H3. The smallest absolute Gasteiger partial charge is 0.249 e. The molecule has 1 fully saturated rings. The summed E-state index contributed by atoms with van der Waals surface area (Å²) in [5.41, 5.74) is 0.755. The normalized spacial score (nSPS) is 16.5. The van der Waals surface area contributed by atoms with E-state index in [1.165, 1.54) is 4.90 Å². The SMILES string of the molecule is C=CCN(CC(=O)N1CCCCC1c1nc(-c2cccc(Cl)c2)no1)C(=O)C(C)C. The van der Waals surface area contributed by atoms with Crippen molar-refractivity contribution in [3.8, 4) is 11.4 Å². The van der Waals surface area contributed by atoms with Crippen molar-refractivity contribution in [3.63, 3.8) is 0 Å². The van der Waals surface area contributed by atoms with E-state index in [2.05, 4.69) is 16.7 Å². The van der Waals surface area contributed by atoms with Crippen LogP contribution in [0.1, 0.15) is 45.0 Å². The maximum Gasteiger partial charge on any atom is 0.249 e. The van der Waals surface area contributed by atoms with Gasteiger partial charge in [-0.15, -0.1) is 6.58 Å². The Kier molecular flexibility index (Phi) is 7.26. The fourth-order valence-corrected chi connectivity index (χ4v) is 3.80. The zero-order valence-electron chi connectivity index (χ0n) is 17.4. The monoisotopic (exact) mass is 430 g/mol. The predicted octanol–water partition coefficient (Wildman–Crippen LogP) is 4.11. The first-order valence-electron chi connectivity index (χ1n) is 10.2. The summed E-state index contributed by atoms with van der Waals surface area (Å²) in [5.74, 6) is 0.458. The Bertz CT molecular complexity index is 911. The van der Waals surface area contributed by atoms with Gasteiger partial charge in [-0.2, -0.15) is 4.98 Å². The Morgan fingerprint density at radius 1 is 1.40 bits per heavy atom. The molecule has 1 aromatic carbocycles. The third-order valence-corrected chi connectivity index (χ3v) is 5.35. The summed E-state index contributed by atoms with van der Waals surface area (Å²) >= 11 is 6.06. The van der Waals surface area contributed by atoms with Crippen LogP contribution in [0.4, 0.5) is 0 Å². The Balaban J connectivity index is 1.78. The lowest BCUT2D eigenvalue weighted by molar-refractivity contribution is -0.144. The van der Waals surface area contributed by atoms with E-state index in [4.69, 9.17) is 16.1 Å². The molecule has 1 aliphatic rings. The van der Waals surface area contributed by atoms with Gasteiger partial charge in [0, 0.05) is 29.6 Å². The first-order chi connectivity index (χ1) is 14.4. The number of hydrogen-bond donors (Lipinski definition) is 0. The number of carbonyl (C=O) groups excluding carboxylic acids is 2. The van der Waals surface area contributed by atoms with Crippen LogP contribution in [-0.4, -0.2) is 51.4 Å². The van der Waals surface area contributed by atoms with Gasteiger partial charge in [0.2, 0.25) is 23.5 Å². The van der Waals surface area contributed by atoms with E-state index in [9.17, 15) is 9.59 Å². The van der Waals surface area contributed by atoms with Gasteiger partial charge in [-0.25, -0.2) is 0 Å². The van der Waals surface area contributed by atoms with Gasteiger partial charge in [-0.1, -0.05) is 48.8 Å². The maximum atomic E-state index is 13.1. The molecule has 0 N–H and O–H groups in total. The van der Waals surface area contributed by atoms with E-state index >= 15 is 0 Å². The second-order valence-electron chi connectivity index (χ2n) is 7.73. The molecule has 0 saturated carbocycles. The number of amides is 2. The highest BCUT2D eigenvalue weighted by molar-refractivity contribution is 6.30. The molecule has 1 aromatic heterocycles. The fraction of sp³-hybridized carbons (Fsp3) is 0.455. The van der Waals surface area contributed by atoms with Crippen molar-refractivity contribution in [1.82, 2.24) is 19.9 Å². The molecule has 3 rings (SSSR count). The van der Waals surface area contributed by atoms with E-state index < -0.39 is 0 Å². The topological polar surface area (TPSA) is 79.5 Å². The Morgan fingerprint density at radius 3 is 2.90 bits per heavy atom. The predicted molar refractivity (Wildman–Crippen MR) is 115 cm³/mol. The van der Waals surface area contributed by atoms with Crippen molar-refractivity contribution in [2.45, 2.75) is 39.2 Å². The highest BCUT2D eigenvalue weighted by Crippen LogP contribution is 2.31. The first kappa shape index (κ1) is 22.0. The number of nitrogens with zero attached hydrogens (tertiary/aromatic N) is 4. The summed E-state index contributed by atoms with van der Waals surface area (Å²) in [6, 6.07) is 6.93. The van der Waals surface area contributed by atoms with Crippen molar-refractivity contribution in [2.75, 3.05) is 19.6 Å². The quantitative estimate of drug-likeness (QED) is 0.617. The van der Waals surface area contributed by atoms with Gasteiger partial charge in [-0.3, -0.25) is 9.59 Å². The number of rotatable bonds is 7. The molecule has 0 aliphatic carbocycles. The fourth-order valence-electron chi connectivity index (χ4n) is 3.61. The first-order valence-corrected chi connectivity index (χ1v) is 10.6. The summed E-state index contributed by atoms with van der Waals surface area (Å²) in [5, 5.41) is 4.67. The van der Waals surface area contributed by atoms with Crippen LogP contribution < -0.4 is 0 Å². The molecule has 7 nitrogen and oxygen atoms in total. The number of halogens is 1. The second kappa shape index (κ2) is 9.89. The molecule has 2 amide bonds. The van der Waals surface area contributed by atoms with Crippen molar-refractivity contribution in [2.24, 2.45) is 5.92 Å². The molecule has 0 radical (unpaired) electrons. The van der Waals surface area contributed by atoms with Crippen LogP contribution in [0.5, 0.6) is 0 Å². The third-order valence-electron chi connectivity index (χ3n) is 5.11. The lowest BCUT2D eigenvalue weighted by atomic mass is 10.0. The van der Waals surface area contributed by atoms with Crippen LogP contribution in [0.15, 0.2) is 41.4 Å². The Labute approximate surface area is 181 Å². The highest BCUT2D eigenvalue weighted by Gasteiger charge is 2.33. The molecule has 1 unspecified atom stereocenters. The minimum absolute atomic E-state index is 0.00875. The molecule has 30 heavy (non-hydrogen) atoms. The molecule has 0 bridgehead atoms. The highest BCUT2D eigenvalue weighted by atomic mass is 35.5. The maximum absolute atomic E-state index is 13.1. The van der Waals surface area contributed by atoms with E-state index in [1.54, 1.807) is 23.1 Å². The largest absolute Gasteiger partial charge is 0.337 e. The summed E-state index contributed by atoms with van der Waals surface area (Å²) in [6.45, 7) is 8.28. The van der Waals surface area contributed by atoms with Gasteiger partial charge in [-0.05, 0) is 31.4 Å². The van der Waals surface area contributed by atoms with Gasteiger partial charge < -0.3 is 14.3 Å². The summed E-state index contributed by atoms with van der Waals surface area (Å²) in [7, 11) is 0. The van der Waals surface area contributed by atoms with E-state index in [0.29, 0.717) is 29.8 Å². The van der Waals surface area contributed by atoms with Crippen LogP contribution in [0, 0.1) is 5.92 Å². The molecule has 2 heterocycles. The molecule has 1 atom stereocenters. The lowest BCUT2D eigenvalue weighted by Crippen LogP contribution is -2.47. The average molecular weight is 431 g/mol. The number of piperidine rings is 1. The van der Waals surface area contributed by atoms with Gasteiger partial charge in [0.25, 0.3) is 0 Å². The van der Waals surface area contributed by atoms with Gasteiger partial charge in [0.15, 0.2) is 0 Å². The van der Waals surface area contributed by atoms with Crippen LogP contribution >= 0.6 is 11.6 Å². The van der Waals surface area contributed by atoms with E-state index in [-0.39, 0.29) is 30.3 Å². The summed E-state index contributed by atoms with van der Waals surface area (Å²) in [4.78, 5) is 33.4. The molecular weight excluding hydrogens is 404 g/mol. The lowest BCUT2D eigenvalue weighted by Gasteiger charge is -2.35. The number of aromatic nitrogens is 2. The molecule has 1 saturated heterocycles. The van der Waals surface area contributed by atoms with Gasteiger partial charge in [0.1, 0.15) is 12.6 Å². The number of hydrogen-bond acceptors (Lipinski definition) is 5. The Hall–Kier alpha value is -2.67. The summed E-state index contributed by atoms with van der Waals surface area (Å²) in [6.07, 6.45) is 4.24. The minimum Gasteiger partial charge on any atom is -0.337 e. The minimum atomic E-state index is -0.300. The molecule has 8 heteroatoms. The van der Waals surface area contributed by atoms with Crippen LogP contribution in [0.25, 0.3) is 11.4 Å². The molecular formula is C22H27ClN4O3. The second-order valence-corrected chi connectivity index (χ2v) is 8.16. The third kappa shape index (κ3) is 5.08. The number of carbonyl (C=O) groups is 2. The molecule has 2 aromatic rings. The molecule has 0 spiro atoms. The van der Waals surface area contributed by atoms with Crippen molar-refractivity contribution in [3.05, 3.63) is 47.8 Å². The van der Waals surface area contributed by atoms with Crippen LogP contribution in [0.3, 0.4) is 0 Å². The zero-order chi connectivity index (χ0) is 21.7. The molecule has 1 aliphatic heterocycles. The average Bonchev–Trinajstić information content (AvgIpc) is 3.23. The Morgan fingerprint density at radius 2 is 2.20 bits per heavy atom. The molecule has 160 valence electrons. The van der Waals surface area contributed by atoms with Crippen molar-refractivity contribution in [1.29, 1.82) is 0 Å². The number of benzene rings is 1. The van der Waals surface area contributed by atoms with Crippen LogP contribution in [-0.2, 0) is 9.59 Å². The zero-order valence-corrected chi connectivity index (χ0v) is 18.1. The summed E-state index contributed by atoms with van der Waals surface area (Å²) < 4.78 is 5.52. The van der Waals surface area contributed by atoms with Crippen LogP contribution in [0.2, 0.25) is 5.02 Å². The van der Waals surface area contributed by atoms with Gasteiger partial charge >= 0.3 is 0 Å². The van der Waals surface area contributed by atoms with E-state index in [0.717, 1.165) is 24.8 Å². The number of likely N-dealkylation sites (tertiary alicyclic amines) is 1. The van der Waals surface area contributed by atoms with Crippen molar-refractivity contribution >= 4 is 23.4 Å². The van der Waals surface area contributed by atoms with Crippen molar-refractivity contribution < 1.29 is 14.1 Å². The van der Waals surface area contributed by atoms with Gasteiger partial charge in [0.05, 0.1) is 0 Å².